The van der Waals surface area contributed by atoms with Crippen molar-refractivity contribution in [2.45, 2.75) is 6.42 Å². The van der Waals surface area contributed by atoms with E-state index in [0.29, 0.717) is 5.82 Å². The van der Waals surface area contributed by atoms with Gasteiger partial charge in [-0.25, -0.2) is 9.97 Å². The fraction of sp³-hybridized carbons (Fsp3) is 0.0189. The van der Waals surface area contributed by atoms with E-state index < -0.39 is 0 Å². The van der Waals surface area contributed by atoms with Crippen molar-refractivity contribution in [3.8, 4) is 50.5 Å². The van der Waals surface area contributed by atoms with Crippen molar-refractivity contribution in [1.29, 1.82) is 0 Å². The van der Waals surface area contributed by atoms with Gasteiger partial charge in [-0.3, -0.25) is 0 Å². The normalized spacial score (nSPS) is 12.8. The predicted octanol–water partition coefficient (Wildman–Crippen LogP) is 13.8. The Morgan fingerprint density at radius 1 is 0.456 bits per heavy atom. The summed E-state index contributed by atoms with van der Waals surface area (Å²) >= 11 is 0. The van der Waals surface area contributed by atoms with Gasteiger partial charge in [-0.2, -0.15) is 0 Å². The van der Waals surface area contributed by atoms with Crippen LogP contribution < -0.4 is 0 Å². The summed E-state index contributed by atoms with van der Waals surface area (Å²) in [6, 6.07) is 60.8. The Hall–Kier alpha value is -7.56. The molecule has 0 spiro atoms. The van der Waals surface area contributed by atoms with Gasteiger partial charge in [0.1, 0.15) is 0 Å². The van der Waals surface area contributed by atoms with Crippen LogP contribution in [-0.2, 0) is 0 Å². The lowest BCUT2D eigenvalue weighted by atomic mass is 9.98. The number of nitrogens with one attached hydrogen (secondary N) is 1. The van der Waals surface area contributed by atoms with Crippen LogP contribution in [0.4, 0.5) is 0 Å². The minimum absolute atomic E-state index is 0.710. The largest absolute Gasteiger partial charge is 0.353 e. The van der Waals surface area contributed by atoms with Crippen molar-refractivity contribution in [1.82, 2.24) is 19.5 Å². The quantitative estimate of drug-likeness (QED) is 0.185. The second-order valence-electron chi connectivity index (χ2n) is 14.6. The Morgan fingerprint density at radius 2 is 1.07 bits per heavy atom. The van der Waals surface area contributed by atoms with Crippen molar-refractivity contribution in [3.63, 3.8) is 0 Å². The summed E-state index contributed by atoms with van der Waals surface area (Å²) in [4.78, 5) is 14.2. The molecule has 4 nitrogen and oxygen atoms in total. The number of H-pyrrole nitrogens is 1. The zero-order valence-electron chi connectivity index (χ0n) is 31.1. The van der Waals surface area contributed by atoms with Gasteiger partial charge in [0.2, 0.25) is 0 Å². The van der Waals surface area contributed by atoms with Crippen molar-refractivity contribution in [2.24, 2.45) is 0 Å². The average Bonchev–Trinajstić information content (AvgIpc) is 3.69. The lowest BCUT2D eigenvalue weighted by Gasteiger charge is -2.10. The third kappa shape index (κ3) is 5.70. The Balaban J connectivity index is 1.10. The number of rotatable bonds is 6. The van der Waals surface area contributed by atoms with Crippen LogP contribution in [0.25, 0.3) is 99.6 Å². The first-order chi connectivity index (χ1) is 28.3. The second kappa shape index (κ2) is 13.6. The molecule has 0 unspecified atom stereocenters. The monoisotopic (exact) mass is 728 g/mol. The fourth-order valence-electron chi connectivity index (χ4n) is 8.46. The smallest absolute Gasteiger partial charge is 0.160 e. The molecule has 4 heteroatoms. The van der Waals surface area contributed by atoms with Crippen molar-refractivity contribution in [3.05, 3.63) is 206 Å². The lowest BCUT2D eigenvalue weighted by molar-refractivity contribution is 1.13. The molecule has 0 atom stereocenters. The van der Waals surface area contributed by atoms with Crippen LogP contribution in [0.15, 0.2) is 200 Å². The van der Waals surface area contributed by atoms with Crippen LogP contribution in [0, 0.1) is 0 Å². The van der Waals surface area contributed by atoms with E-state index >= 15 is 0 Å². The molecule has 1 N–H and O–H groups in total. The summed E-state index contributed by atoms with van der Waals surface area (Å²) in [5, 5.41) is 4.79. The first-order valence-electron chi connectivity index (χ1n) is 19.5. The van der Waals surface area contributed by atoms with Crippen LogP contribution in [0.1, 0.15) is 12.2 Å². The standard InChI is InChI=1S/C53H36N4/c1-2-7-21-37(20-6-1)53-54-47(36-18-10-4-11-19-36)34-48(55-53)44-27-15-26-43-42-25-14-24-41(51(42)56-52(43)44)39-29-31-50-46(33-39)45-32-38(35-16-8-3-9-17-35)28-30-49(45)57(50)40-22-12-5-13-23-40/h1,3-34,56H,2H2. The van der Waals surface area contributed by atoms with Crippen molar-refractivity contribution in [2.75, 3.05) is 0 Å². The summed E-state index contributed by atoms with van der Waals surface area (Å²) in [5.41, 5.74) is 15.3. The van der Waals surface area contributed by atoms with Gasteiger partial charge in [0.25, 0.3) is 0 Å². The van der Waals surface area contributed by atoms with Gasteiger partial charge >= 0.3 is 0 Å². The van der Waals surface area contributed by atoms with E-state index in [4.69, 9.17) is 9.97 Å². The molecule has 3 heterocycles. The molecule has 3 aromatic heterocycles. The summed E-state index contributed by atoms with van der Waals surface area (Å²) in [6.07, 6.45) is 11.5. The highest BCUT2D eigenvalue weighted by Crippen LogP contribution is 2.41. The van der Waals surface area contributed by atoms with Crippen LogP contribution in [0.2, 0.25) is 0 Å². The van der Waals surface area contributed by atoms with Crippen molar-refractivity contribution < 1.29 is 0 Å². The molecule has 0 fully saturated rings. The van der Waals surface area contributed by atoms with E-state index in [9.17, 15) is 0 Å². The zero-order chi connectivity index (χ0) is 37.7. The second-order valence-corrected chi connectivity index (χ2v) is 14.6. The predicted molar refractivity (Wildman–Crippen MR) is 238 cm³/mol. The Morgan fingerprint density at radius 3 is 1.81 bits per heavy atom. The van der Waals surface area contributed by atoms with Crippen LogP contribution >= 0.6 is 0 Å². The lowest BCUT2D eigenvalue weighted by Crippen LogP contribution is -1.98. The molecule has 0 saturated carbocycles. The van der Waals surface area contributed by atoms with Gasteiger partial charge in [-0.05, 0) is 65.6 Å². The number of hydrogen-bond acceptors (Lipinski definition) is 2. The Labute approximate surface area is 330 Å². The average molecular weight is 729 g/mol. The minimum atomic E-state index is 0.710. The summed E-state index contributed by atoms with van der Waals surface area (Å²) in [6.45, 7) is 0. The Bertz CT molecular complexity index is 3240. The molecule has 0 radical (unpaired) electrons. The van der Waals surface area contributed by atoms with E-state index in [0.717, 1.165) is 67.7 Å². The summed E-state index contributed by atoms with van der Waals surface area (Å²) in [5.74, 6) is 0.710. The van der Waals surface area contributed by atoms with Gasteiger partial charge in [0.05, 0.1) is 33.5 Å². The molecule has 1 aliphatic rings. The van der Waals surface area contributed by atoms with Crippen LogP contribution in [-0.4, -0.2) is 19.5 Å². The van der Waals surface area contributed by atoms with E-state index in [1.54, 1.807) is 0 Å². The topological polar surface area (TPSA) is 46.5 Å². The molecule has 0 saturated heterocycles. The fourth-order valence-corrected chi connectivity index (χ4v) is 8.46. The molecule has 0 bridgehead atoms. The first-order valence-corrected chi connectivity index (χ1v) is 19.5. The minimum Gasteiger partial charge on any atom is -0.353 e. The molecular weight excluding hydrogens is 693 g/mol. The highest BCUT2D eigenvalue weighted by atomic mass is 15.0. The van der Waals surface area contributed by atoms with Crippen LogP contribution in [0.3, 0.4) is 0 Å². The number of aromatic amines is 1. The molecule has 11 rings (SSSR count). The van der Waals surface area contributed by atoms with Gasteiger partial charge in [0, 0.05) is 49.5 Å². The summed E-state index contributed by atoms with van der Waals surface area (Å²) in [7, 11) is 0. The first kappa shape index (κ1) is 32.8. The maximum absolute atomic E-state index is 5.23. The molecule has 0 amide bonds. The molecule has 1 aliphatic carbocycles. The van der Waals surface area contributed by atoms with E-state index in [2.05, 4.69) is 204 Å². The maximum Gasteiger partial charge on any atom is 0.160 e. The Kier molecular flexibility index (Phi) is 7.85. The molecule has 7 aromatic carbocycles. The van der Waals surface area contributed by atoms with E-state index in [1.807, 2.05) is 6.07 Å². The number of aromatic nitrogens is 4. The molecular formula is C53H36N4. The molecule has 57 heavy (non-hydrogen) atoms. The number of fused-ring (bicyclic) bond motifs is 6. The SMILES string of the molecule is C1=CCC=CC(c2nc(-c3ccccc3)cc(-c3cccc4c3[nH]c3c(-c5ccc6c(c5)c5cc(-c7ccccc7)ccc5n6-c5ccccc5)cccc34)n2)=C1. The number of benzene rings is 7. The highest BCUT2D eigenvalue weighted by molar-refractivity contribution is 6.17. The maximum atomic E-state index is 5.23. The van der Waals surface area contributed by atoms with Gasteiger partial charge in [-0.1, -0.05) is 158 Å². The molecule has 0 aliphatic heterocycles. The number of hydrogen-bond donors (Lipinski definition) is 1. The van der Waals surface area contributed by atoms with E-state index in [-0.39, 0.29) is 0 Å². The highest BCUT2D eigenvalue weighted by Gasteiger charge is 2.19. The number of nitrogens with zero attached hydrogens (tertiary/aromatic N) is 3. The van der Waals surface area contributed by atoms with E-state index in [1.165, 1.54) is 38.3 Å². The molecule has 268 valence electrons. The number of allylic oxidation sites excluding steroid dienone is 6. The third-order valence-corrected chi connectivity index (χ3v) is 11.2. The van der Waals surface area contributed by atoms with Gasteiger partial charge in [0.15, 0.2) is 5.82 Å². The van der Waals surface area contributed by atoms with Crippen molar-refractivity contribution >= 4 is 49.2 Å². The van der Waals surface area contributed by atoms with Gasteiger partial charge in [-0.15, -0.1) is 0 Å². The third-order valence-electron chi connectivity index (χ3n) is 11.2. The zero-order valence-corrected chi connectivity index (χ0v) is 31.1. The van der Waals surface area contributed by atoms with Crippen LogP contribution in [0.5, 0.6) is 0 Å². The summed E-state index contributed by atoms with van der Waals surface area (Å²) < 4.78 is 2.38. The van der Waals surface area contributed by atoms with Gasteiger partial charge < -0.3 is 9.55 Å². The number of para-hydroxylation sites is 3. The molecule has 10 aromatic rings.